The molecule has 0 atom stereocenters. The topological polar surface area (TPSA) is 64.0 Å². The monoisotopic (exact) mass is 481 g/mol. The van der Waals surface area contributed by atoms with E-state index in [1.807, 2.05) is 30.3 Å². The Kier molecular flexibility index (Phi) is 6.81. The molecule has 5 nitrogen and oxygen atoms in total. The highest BCUT2D eigenvalue weighted by molar-refractivity contribution is 7.99. The lowest BCUT2D eigenvalue weighted by atomic mass is 10.0. The van der Waals surface area contributed by atoms with Crippen molar-refractivity contribution in [2.75, 3.05) is 11.1 Å². The molecule has 0 unspecified atom stereocenters. The zero-order chi connectivity index (χ0) is 23.5. The molecule has 8 heteroatoms. The summed E-state index contributed by atoms with van der Waals surface area (Å²) in [6.07, 6.45) is 0. The number of carbonyl (C=O) groups is 1. The molecule has 1 amide bonds. The van der Waals surface area contributed by atoms with Gasteiger partial charge in [-0.2, -0.15) is 0 Å². The lowest BCUT2D eigenvalue weighted by molar-refractivity contribution is -0.113. The number of aromatic nitrogens is 2. The summed E-state index contributed by atoms with van der Waals surface area (Å²) in [6.45, 7) is 4.12. The molecule has 4 rings (SSSR count). The standard InChI is InChI=1S/C25H21ClFN3O2S/c1-15(2)17-7-4-6-10-22(17)30-24(32)18-8-3-5-9-21(18)29-25(30)33-14-23(31)28-16-11-12-20(27)19(26)13-16/h3-13,15H,14H2,1-2H3,(H,28,31). The van der Waals surface area contributed by atoms with Gasteiger partial charge in [-0.3, -0.25) is 14.2 Å². The van der Waals surface area contributed by atoms with Gasteiger partial charge in [-0.1, -0.05) is 67.5 Å². The average molecular weight is 482 g/mol. The number of thioether (sulfide) groups is 1. The number of anilines is 1. The molecular formula is C25H21ClFN3O2S. The lowest BCUT2D eigenvalue weighted by Crippen LogP contribution is -2.24. The maximum Gasteiger partial charge on any atom is 0.266 e. The molecule has 1 heterocycles. The van der Waals surface area contributed by atoms with Gasteiger partial charge in [0.15, 0.2) is 5.16 Å². The van der Waals surface area contributed by atoms with Gasteiger partial charge in [0.1, 0.15) is 5.82 Å². The predicted octanol–water partition coefficient (Wildman–Crippen LogP) is 6.03. The van der Waals surface area contributed by atoms with Crippen LogP contribution in [-0.4, -0.2) is 21.2 Å². The van der Waals surface area contributed by atoms with Gasteiger partial charge in [0.2, 0.25) is 5.91 Å². The molecular weight excluding hydrogens is 461 g/mol. The van der Waals surface area contributed by atoms with Crippen molar-refractivity contribution in [2.45, 2.75) is 24.9 Å². The van der Waals surface area contributed by atoms with Gasteiger partial charge in [0.25, 0.3) is 5.56 Å². The first-order valence-electron chi connectivity index (χ1n) is 10.3. The second-order valence-corrected chi connectivity index (χ2v) is 9.08. The molecule has 0 aliphatic heterocycles. The summed E-state index contributed by atoms with van der Waals surface area (Å²) >= 11 is 6.95. The Morgan fingerprint density at radius 3 is 2.61 bits per heavy atom. The van der Waals surface area contributed by atoms with Gasteiger partial charge in [0.05, 0.1) is 27.4 Å². The molecule has 3 aromatic carbocycles. The quantitative estimate of drug-likeness (QED) is 0.269. The number of halogens is 2. The number of nitrogens with zero attached hydrogens (tertiary/aromatic N) is 2. The number of rotatable bonds is 6. The first-order chi connectivity index (χ1) is 15.8. The van der Waals surface area contributed by atoms with E-state index >= 15 is 0 Å². The molecule has 0 saturated carbocycles. The Morgan fingerprint density at radius 1 is 1.12 bits per heavy atom. The minimum atomic E-state index is -0.558. The van der Waals surface area contributed by atoms with E-state index in [9.17, 15) is 14.0 Å². The molecule has 1 N–H and O–H groups in total. The number of amides is 1. The summed E-state index contributed by atoms with van der Waals surface area (Å²) in [6, 6.07) is 18.8. The SMILES string of the molecule is CC(C)c1ccccc1-n1c(SCC(=O)Nc2ccc(F)c(Cl)c2)nc2ccccc2c1=O. The van der Waals surface area contributed by atoms with Crippen molar-refractivity contribution in [3.05, 3.63) is 93.5 Å². The van der Waals surface area contributed by atoms with Crippen LogP contribution in [0.15, 0.2) is 76.7 Å². The van der Waals surface area contributed by atoms with E-state index in [4.69, 9.17) is 16.6 Å². The van der Waals surface area contributed by atoms with Crippen molar-refractivity contribution in [2.24, 2.45) is 0 Å². The van der Waals surface area contributed by atoms with Crippen LogP contribution >= 0.6 is 23.4 Å². The largest absolute Gasteiger partial charge is 0.325 e. The number of fused-ring (bicyclic) bond motifs is 1. The number of hydrogen-bond acceptors (Lipinski definition) is 4. The maximum atomic E-state index is 13.5. The van der Waals surface area contributed by atoms with E-state index in [0.717, 1.165) is 23.0 Å². The Labute approximate surface area is 199 Å². The van der Waals surface area contributed by atoms with Crippen LogP contribution in [0.5, 0.6) is 0 Å². The van der Waals surface area contributed by atoms with Gasteiger partial charge in [0, 0.05) is 5.69 Å². The molecule has 0 fully saturated rings. The van der Waals surface area contributed by atoms with Gasteiger partial charge in [-0.15, -0.1) is 0 Å². The second kappa shape index (κ2) is 9.77. The van der Waals surface area contributed by atoms with Crippen molar-refractivity contribution in [1.29, 1.82) is 0 Å². The third-order valence-electron chi connectivity index (χ3n) is 5.08. The van der Waals surface area contributed by atoms with E-state index < -0.39 is 5.82 Å². The van der Waals surface area contributed by atoms with Crippen molar-refractivity contribution in [1.82, 2.24) is 9.55 Å². The highest BCUT2D eigenvalue weighted by Crippen LogP contribution is 2.27. The number of carbonyl (C=O) groups excluding carboxylic acids is 1. The fraction of sp³-hybridized carbons (Fsp3) is 0.160. The number of hydrogen-bond donors (Lipinski definition) is 1. The summed E-state index contributed by atoms with van der Waals surface area (Å²) in [7, 11) is 0. The van der Waals surface area contributed by atoms with Crippen LogP contribution < -0.4 is 10.9 Å². The minimum absolute atomic E-state index is 0.00359. The van der Waals surface area contributed by atoms with Crippen molar-refractivity contribution in [3.8, 4) is 5.69 Å². The molecule has 0 aliphatic carbocycles. The molecule has 168 valence electrons. The predicted molar refractivity (Wildman–Crippen MR) is 132 cm³/mol. The van der Waals surface area contributed by atoms with Crippen LogP contribution in [0.3, 0.4) is 0 Å². The van der Waals surface area contributed by atoms with E-state index in [1.54, 1.807) is 22.8 Å². The number of para-hydroxylation sites is 2. The Hall–Kier alpha value is -3.16. The summed E-state index contributed by atoms with van der Waals surface area (Å²) in [4.78, 5) is 30.8. The van der Waals surface area contributed by atoms with Gasteiger partial charge in [-0.05, 0) is 47.9 Å². The van der Waals surface area contributed by atoms with Crippen LogP contribution in [0.2, 0.25) is 5.02 Å². The average Bonchev–Trinajstić information content (AvgIpc) is 2.80. The van der Waals surface area contributed by atoms with Crippen molar-refractivity contribution >= 4 is 45.9 Å². The summed E-state index contributed by atoms with van der Waals surface area (Å²) < 4.78 is 15.0. The molecule has 33 heavy (non-hydrogen) atoms. The third-order valence-corrected chi connectivity index (χ3v) is 6.31. The summed E-state index contributed by atoms with van der Waals surface area (Å²) in [5, 5.41) is 3.54. The Morgan fingerprint density at radius 2 is 1.85 bits per heavy atom. The fourth-order valence-electron chi connectivity index (χ4n) is 3.50. The van der Waals surface area contributed by atoms with Crippen LogP contribution in [0.4, 0.5) is 10.1 Å². The maximum absolute atomic E-state index is 13.5. The van der Waals surface area contributed by atoms with Crippen molar-refractivity contribution in [3.63, 3.8) is 0 Å². The fourth-order valence-corrected chi connectivity index (χ4v) is 4.49. The first kappa shape index (κ1) is 23.0. The number of nitrogens with one attached hydrogen (secondary N) is 1. The van der Waals surface area contributed by atoms with E-state index in [0.29, 0.717) is 21.7 Å². The molecule has 0 spiro atoms. The second-order valence-electron chi connectivity index (χ2n) is 7.73. The Bertz CT molecular complexity index is 1400. The lowest BCUT2D eigenvalue weighted by Gasteiger charge is -2.18. The number of benzene rings is 3. The first-order valence-corrected chi connectivity index (χ1v) is 11.7. The highest BCUT2D eigenvalue weighted by Gasteiger charge is 2.18. The zero-order valence-electron chi connectivity index (χ0n) is 18.0. The van der Waals surface area contributed by atoms with Crippen LogP contribution in [-0.2, 0) is 4.79 Å². The van der Waals surface area contributed by atoms with Crippen LogP contribution in [0.25, 0.3) is 16.6 Å². The smallest absolute Gasteiger partial charge is 0.266 e. The van der Waals surface area contributed by atoms with Gasteiger partial charge in [-0.25, -0.2) is 9.37 Å². The van der Waals surface area contributed by atoms with Crippen LogP contribution in [0.1, 0.15) is 25.3 Å². The normalized spacial score (nSPS) is 11.2. The van der Waals surface area contributed by atoms with Crippen LogP contribution in [0, 0.1) is 5.82 Å². The Balaban J connectivity index is 1.71. The molecule has 4 aromatic rings. The molecule has 0 radical (unpaired) electrons. The summed E-state index contributed by atoms with van der Waals surface area (Å²) in [5.74, 6) is -0.696. The molecule has 0 saturated heterocycles. The van der Waals surface area contributed by atoms with Crippen molar-refractivity contribution < 1.29 is 9.18 Å². The third kappa shape index (κ3) is 4.94. The summed E-state index contributed by atoms with van der Waals surface area (Å²) in [5.41, 5.74) is 2.50. The van der Waals surface area contributed by atoms with Gasteiger partial charge >= 0.3 is 0 Å². The molecule has 0 bridgehead atoms. The minimum Gasteiger partial charge on any atom is -0.325 e. The van der Waals surface area contributed by atoms with E-state index in [-0.39, 0.29) is 28.2 Å². The van der Waals surface area contributed by atoms with E-state index in [2.05, 4.69) is 19.2 Å². The zero-order valence-corrected chi connectivity index (χ0v) is 19.6. The molecule has 0 aliphatic rings. The highest BCUT2D eigenvalue weighted by atomic mass is 35.5. The van der Waals surface area contributed by atoms with Gasteiger partial charge < -0.3 is 5.32 Å². The van der Waals surface area contributed by atoms with E-state index in [1.165, 1.54) is 18.2 Å². The molecule has 1 aromatic heterocycles.